The zero-order valence-corrected chi connectivity index (χ0v) is 17.8. The van der Waals surface area contributed by atoms with Crippen molar-refractivity contribution < 1.29 is 22.7 Å². The summed E-state index contributed by atoms with van der Waals surface area (Å²) in [6.45, 7) is 8.16. The average Bonchev–Trinajstić information content (AvgIpc) is 2.66. The first kappa shape index (κ1) is 22.4. The predicted octanol–water partition coefficient (Wildman–Crippen LogP) is 2.24. The molecule has 0 radical (unpaired) electrons. The second-order valence-corrected chi connectivity index (χ2v) is 9.34. The second-order valence-electron chi connectivity index (χ2n) is 7.62. The number of hydrogen-bond donors (Lipinski definition) is 1. The van der Waals surface area contributed by atoms with Gasteiger partial charge in [0.1, 0.15) is 6.04 Å². The van der Waals surface area contributed by atoms with Crippen molar-refractivity contribution in [2.75, 3.05) is 13.1 Å². The Labute approximate surface area is 167 Å². The van der Waals surface area contributed by atoms with Crippen molar-refractivity contribution >= 4 is 21.9 Å². The monoisotopic (exact) mass is 410 g/mol. The molecule has 2 rings (SSSR count). The van der Waals surface area contributed by atoms with E-state index in [2.05, 4.69) is 4.72 Å². The third kappa shape index (κ3) is 5.78. The number of carbonyl (C=O) groups excluding carboxylic acids is 2. The Morgan fingerprint density at radius 1 is 1.04 bits per heavy atom. The Kier molecular flexibility index (Phi) is 7.60. The van der Waals surface area contributed by atoms with E-state index < -0.39 is 28.1 Å². The van der Waals surface area contributed by atoms with Gasteiger partial charge in [-0.2, -0.15) is 4.72 Å². The number of piperidine rings is 1. The molecule has 0 aromatic heterocycles. The Hall–Kier alpha value is -1.93. The van der Waals surface area contributed by atoms with Gasteiger partial charge in [0.25, 0.3) is 5.91 Å². The normalized spacial score (nSPS) is 17.2. The van der Waals surface area contributed by atoms with E-state index in [0.29, 0.717) is 13.1 Å². The van der Waals surface area contributed by atoms with Crippen LogP contribution in [0.1, 0.15) is 45.6 Å². The van der Waals surface area contributed by atoms with Gasteiger partial charge in [0.05, 0.1) is 4.90 Å². The van der Waals surface area contributed by atoms with Gasteiger partial charge in [-0.25, -0.2) is 8.42 Å². The first-order valence-corrected chi connectivity index (χ1v) is 11.2. The zero-order chi connectivity index (χ0) is 20.9. The molecule has 1 aliphatic rings. The van der Waals surface area contributed by atoms with Gasteiger partial charge in [0.15, 0.2) is 6.10 Å². The molecule has 1 aliphatic heterocycles. The summed E-state index contributed by atoms with van der Waals surface area (Å²) in [5.41, 5.74) is 0.934. The van der Waals surface area contributed by atoms with E-state index >= 15 is 0 Å². The molecule has 0 saturated carbocycles. The third-order valence-corrected chi connectivity index (χ3v) is 6.30. The number of esters is 1. The fourth-order valence-corrected chi connectivity index (χ4v) is 4.41. The maximum Gasteiger partial charge on any atom is 0.325 e. The summed E-state index contributed by atoms with van der Waals surface area (Å²) in [4.78, 5) is 26.9. The maximum atomic E-state index is 12.6. The lowest BCUT2D eigenvalue weighted by molar-refractivity contribution is -0.161. The van der Waals surface area contributed by atoms with Crippen LogP contribution in [0.25, 0.3) is 0 Å². The molecule has 0 aliphatic carbocycles. The molecule has 1 aromatic carbocycles. The molecule has 0 unspecified atom stereocenters. The number of amides is 1. The molecule has 156 valence electrons. The highest BCUT2D eigenvalue weighted by Gasteiger charge is 2.33. The largest absolute Gasteiger partial charge is 0.451 e. The van der Waals surface area contributed by atoms with E-state index in [9.17, 15) is 18.0 Å². The lowest BCUT2D eigenvalue weighted by Gasteiger charge is -2.30. The van der Waals surface area contributed by atoms with Crippen LogP contribution in [0.2, 0.25) is 0 Å². The molecular weight excluding hydrogens is 380 g/mol. The van der Waals surface area contributed by atoms with Crippen molar-refractivity contribution in [3.8, 4) is 0 Å². The smallest absolute Gasteiger partial charge is 0.325 e. The summed E-state index contributed by atoms with van der Waals surface area (Å²) in [5, 5.41) is 0. The molecular formula is C20H30N2O5S. The second kappa shape index (κ2) is 9.52. The van der Waals surface area contributed by atoms with E-state index in [-0.39, 0.29) is 16.7 Å². The number of sulfonamides is 1. The van der Waals surface area contributed by atoms with Crippen LogP contribution < -0.4 is 4.72 Å². The molecule has 1 N–H and O–H groups in total. The topological polar surface area (TPSA) is 92.8 Å². The van der Waals surface area contributed by atoms with Crippen molar-refractivity contribution in [2.24, 2.45) is 5.92 Å². The maximum absolute atomic E-state index is 12.6. The molecule has 8 heteroatoms. The van der Waals surface area contributed by atoms with Gasteiger partial charge in [0, 0.05) is 13.1 Å². The minimum absolute atomic E-state index is 0.0778. The molecule has 1 fully saturated rings. The number of nitrogens with one attached hydrogen (secondary N) is 1. The summed E-state index contributed by atoms with van der Waals surface area (Å²) in [6.07, 6.45) is 2.03. The first-order chi connectivity index (χ1) is 13.1. The number of hydrogen-bond acceptors (Lipinski definition) is 5. The van der Waals surface area contributed by atoms with Crippen LogP contribution in [-0.4, -0.2) is 50.4 Å². The van der Waals surface area contributed by atoms with Crippen molar-refractivity contribution in [1.82, 2.24) is 9.62 Å². The van der Waals surface area contributed by atoms with Gasteiger partial charge in [0.2, 0.25) is 10.0 Å². The molecule has 1 aromatic rings. The number of likely N-dealkylation sites (tertiary alicyclic amines) is 1. The van der Waals surface area contributed by atoms with Crippen molar-refractivity contribution in [3.63, 3.8) is 0 Å². The van der Waals surface area contributed by atoms with Crippen molar-refractivity contribution in [3.05, 3.63) is 29.8 Å². The first-order valence-electron chi connectivity index (χ1n) is 9.70. The fourth-order valence-electron chi connectivity index (χ4n) is 3.08. The Bertz CT molecular complexity index is 783. The van der Waals surface area contributed by atoms with E-state index in [0.717, 1.165) is 24.8 Å². The number of rotatable bonds is 7. The Balaban J connectivity index is 2.06. The highest BCUT2D eigenvalue weighted by molar-refractivity contribution is 7.89. The van der Waals surface area contributed by atoms with Crippen LogP contribution in [0.3, 0.4) is 0 Å². The zero-order valence-electron chi connectivity index (χ0n) is 17.0. The highest BCUT2D eigenvalue weighted by Crippen LogP contribution is 2.16. The standard InChI is InChI=1S/C20H30N2O5S/c1-14(2)18(21-28(25,26)17-10-8-15(3)9-11-17)20(24)27-16(4)19(23)22-12-6-5-7-13-22/h8-11,14,16,18,21H,5-7,12-13H2,1-4H3/t16-,18+/m0/s1. The van der Waals surface area contributed by atoms with Crippen LogP contribution in [0.5, 0.6) is 0 Å². The molecule has 1 amide bonds. The predicted molar refractivity (Wildman–Crippen MR) is 106 cm³/mol. The summed E-state index contributed by atoms with van der Waals surface area (Å²) < 4.78 is 33.0. The van der Waals surface area contributed by atoms with Crippen LogP contribution in [-0.2, 0) is 24.3 Å². The Morgan fingerprint density at radius 2 is 1.61 bits per heavy atom. The fraction of sp³-hybridized carbons (Fsp3) is 0.600. The summed E-state index contributed by atoms with van der Waals surface area (Å²) in [6, 6.07) is 5.28. The van der Waals surface area contributed by atoms with Gasteiger partial charge in [-0.1, -0.05) is 31.5 Å². The minimum Gasteiger partial charge on any atom is -0.451 e. The van der Waals surface area contributed by atoms with Gasteiger partial charge in [-0.15, -0.1) is 0 Å². The molecule has 1 saturated heterocycles. The van der Waals surface area contributed by atoms with E-state index in [1.165, 1.54) is 19.1 Å². The Morgan fingerprint density at radius 3 is 2.14 bits per heavy atom. The van der Waals surface area contributed by atoms with E-state index in [1.807, 2.05) is 6.92 Å². The summed E-state index contributed by atoms with van der Waals surface area (Å²) in [5.74, 6) is -1.33. The van der Waals surface area contributed by atoms with Gasteiger partial charge in [-0.3, -0.25) is 9.59 Å². The number of carbonyl (C=O) groups is 2. The average molecular weight is 411 g/mol. The molecule has 7 nitrogen and oxygen atoms in total. The van der Waals surface area contributed by atoms with Gasteiger partial charge >= 0.3 is 5.97 Å². The lowest BCUT2D eigenvalue weighted by atomic mass is 10.1. The molecule has 0 bridgehead atoms. The number of aryl methyl sites for hydroxylation is 1. The van der Waals surface area contributed by atoms with Crippen molar-refractivity contribution in [1.29, 1.82) is 0 Å². The minimum atomic E-state index is -3.89. The molecule has 28 heavy (non-hydrogen) atoms. The van der Waals surface area contributed by atoms with E-state index in [4.69, 9.17) is 4.74 Å². The molecule has 0 spiro atoms. The van der Waals surface area contributed by atoms with E-state index in [1.54, 1.807) is 30.9 Å². The lowest BCUT2D eigenvalue weighted by Crippen LogP contribution is -2.48. The van der Waals surface area contributed by atoms with Gasteiger partial charge < -0.3 is 9.64 Å². The SMILES string of the molecule is Cc1ccc(S(=O)(=O)N[C@@H](C(=O)O[C@@H](C)C(=O)N2CCCCC2)C(C)C)cc1. The van der Waals surface area contributed by atoms with Crippen molar-refractivity contribution in [2.45, 2.75) is 64.0 Å². The number of benzene rings is 1. The molecule has 1 heterocycles. The number of nitrogens with zero attached hydrogens (tertiary/aromatic N) is 1. The third-order valence-electron chi connectivity index (χ3n) is 4.84. The van der Waals surface area contributed by atoms with Crippen LogP contribution >= 0.6 is 0 Å². The van der Waals surface area contributed by atoms with Crippen LogP contribution in [0, 0.1) is 12.8 Å². The van der Waals surface area contributed by atoms with Gasteiger partial charge in [-0.05, 0) is 51.2 Å². The number of ether oxygens (including phenoxy) is 1. The van der Waals surface area contributed by atoms with Crippen LogP contribution in [0.4, 0.5) is 0 Å². The quantitative estimate of drug-likeness (QED) is 0.696. The summed E-state index contributed by atoms with van der Waals surface area (Å²) in [7, 11) is -3.89. The van der Waals surface area contributed by atoms with Crippen LogP contribution in [0.15, 0.2) is 29.2 Å². The molecule has 2 atom stereocenters. The highest BCUT2D eigenvalue weighted by atomic mass is 32.2. The summed E-state index contributed by atoms with van der Waals surface area (Å²) >= 11 is 0.